The van der Waals surface area contributed by atoms with Gasteiger partial charge in [-0.1, -0.05) is 53.5 Å². The molecule has 1 fully saturated rings. The van der Waals surface area contributed by atoms with Gasteiger partial charge in [0.05, 0.1) is 26.8 Å². The topological polar surface area (TPSA) is 141 Å². The highest BCUT2D eigenvalue weighted by atomic mass is 35.5. The third-order valence-electron chi connectivity index (χ3n) is 7.43. The van der Waals surface area contributed by atoms with E-state index in [9.17, 15) is 9.59 Å². The van der Waals surface area contributed by atoms with E-state index in [1.807, 2.05) is 54.5 Å². The van der Waals surface area contributed by atoms with E-state index in [1.54, 1.807) is 18.2 Å². The molecule has 5 rings (SSSR count). The molecule has 2 heterocycles. The van der Waals surface area contributed by atoms with Crippen molar-refractivity contribution in [2.24, 2.45) is 12.8 Å². The summed E-state index contributed by atoms with van der Waals surface area (Å²) in [7, 11) is 1.98. The summed E-state index contributed by atoms with van der Waals surface area (Å²) in [5.74, 6) is 0.781. The fourth-order valence-corrected chi connectivity index (χ4v) is 5.36. The maximum atomic E-state index is 13.0. The van der Waals surface area contributed by atoms with Gasteiger partial charge in [0, 0.05) is 43.7 Å². The van der Waals surface area contributed by atoms with E-state index in [1.165, 1.54) is 0 Å². The van der Waals surface area contributed by atoms with Gasteiger partial charge in [0.2, 0.25) is 0 Å². The number of imidazole rings is 1. The van der Waals surface area contributed by atoms with Crippen molar-refractivity contribution in [2.75, 3.05) is 18.4 Å². The molecule has 0 saturated carbocycles. The molecule has 1 aliphatic heterocycles. The van der Waals surface area contributed by atoms with E-state index < -0.39 is 0 Å². The van der Waals surface area contributed by atoms with Gasteiger partial charge in [-0.3, -0.25) is 15.6 Å². The summed E-state index contributed by atoms with van der Waals surface area (Å²) in [6.45, 7) is 1.19. The number of hydrogen-bond acceptors (Lipinski definition) is 5. The van der Waals surface area contributed by atoms with Crippen LogP contribution in [0.3, 0.4) is 0 Å². The Kier molecular flexibility index (Phi) is 10.5. The lowest BCUT2D eigenvalue weighted by molar-refractivity contribution is 0.0727. The molecule has 1 aliphatic rings. The molecule has 0 radical (unpaired) electrons. The number of benzene rings is 3. The van der Waals surface area contributed by atoms with E-state index in [0.717, 1.165) is 35.3 Å². The Hall–Kier alpha value is -3.83. The van der Waals surface area contributed by atoms with E-state index >= 15 is 0 Å². The second-order valence-corrected chi connectivity index (χ2v) is 11.1. The molecular formula is C30H33Cl3N8O2. The standard InChI is InChI=1S/C30H32Cl2N8O2.ClH/c1-39-25-11-10-20(17-24(25)36-26(39)12-7-18-5-8-19(9-6-18)28(33)34)29(41)38-40-15-13-21(14-16-40)35-30(42)37-23-4-2-3-22(31)27(23)32;/h2-6,8-11,17,21H,7,12-16H2,1H3,(H3,33,34)(H,38,41)(H2,35,37,42);1H. The first-order valence-electron chi connectivity index (χ1n) is 13.6. The van der Waals surface area contributed by atoms with Crippen molar-refractivity contribution >= 4 is 70.1 Å². The summed E-state index contributed by atoms with van der Waals surface area (Å²) >= 11 is 12.2. The first kappa shape index (κ1) is 32.1. The van der Waals surface area contributed by atoms with Crippen molar-refractivity contribution in [1.29, 1.82) is 5.41 Å². The maximum Gasteiger partial charge on any atom is 0.319 e. The number of nitrogens with one attached hydrogen (secondary N) is 4. The van der Waals surface area contributed by atoms with Gasteiger partial charge < -0.3 is 20.9 Å². The zero-order chi connectivity index (χ0) is 29.8. The fraction of sp³-hybridized carbons (Fsp3) is 0.267. The number of rotatable bonds is 8. The molecule has 4 aromatic rings. The van der Waals surface area contributed by atoms with Crippen LogP contribution in [0.2, 0.25) is 10.0 Å². The third-order valence-corrected chi connectivity index (χ3v) is 8.25. The average molecular weight is 644 g/mol. The minimum absolute atomic E-state index is 0. The number of urea groups is 1. The van der Waals surface area contributed by atoms with Gasteiger partial charge in [0.1, 0.15) is 11.7 Å². The lowest BCUT2D eigenvalue weighted by Crippen LogP contribution is -2.51. The van der Waals surface area contributed by atoms with Crippen LogP contribution in [0.1, 0.15) is 40.2 Å². The van der Waals surface area contributed by atoms with E-state index in [-0.39, 0.29) is 36.2 Å². The average Bonchev–Trinajstić information content (AvgIpc) is 3.30. The number of hydrogen-bond donors (Lipinski definition) is 5. The van der Waals surface area contributed by atoms with E-state index in [0.29, 0.717) is 52.8 Å². The van der Waals surface area contributed by atoms with Crippen LogP contribution in [-0.4, -0.2) is 51.5 Å². The number of nitrogens with zero attached hydrogens (tertiary/aromatic N) is 3. The Morgan fingerprint density at radius 3 is 2.42 bits per heavy atom. The number of nitrogen functional groups attached to an aromatic ring is 1. The molecule has 3 amide bonds. The van der Waals surface area contributed by atoms with Gasteiger partial charge in [-0.05, 0) is 55.2 Å². The number of piperidine rings is 1. The van der Waals surface area contributed by atoms with Crippen molar-refractivity contribution in [2.45, 2.75) is 31.7 Å². The molecule has 10 nitrogen and oxygen atoms in total. The summed E-state index contributed by atoms with van der Waals surface area (Å²) in [6.07, 6.45) is 2.89. The first-order valence-corrected chi connectivity index (χ1v) is 14.4. The smallest absolute Gasteiger partial charge is 0.319 e. The summed E-state index contributed by atoms with van der Waals surface area (Å²) in [5, 5.41) is 15.8. The zero-order valence-electron chi connectivity index (χ0n) is 23.5. The number of amides is 3. The number of nitrogens with two attached hydrogens (primary N) is 1. The monoisotopic (exact) mass is 642 g/mol. The molecule has 1 saturated heterocycles. The highest BCUT2D eigenvalue weighted by Crippen LogP contribution is 2.29. The highest BCUT2D eigenvalue weighted by Gasteiger charge is 2.23. The Morgan fingerprint density at radius 1 is 1.02 bits per heavy atom. The van der Waals surface area contributed by atoms with Crippen molar-refractivity contribution in [3.63, 3.8) is 0 Å². The quantitative estimate of drug-likeness (QED) is 0.131. The predicted molar refractivity (Wildman–Crippen MR) is 174 cm³/mol. The van der Waals surface area contributed by atoms with E-state index in [4.69, 9.17) is 39.3 Å². The molecule has 0 unspecified atom stereocenters. The third kappa shape index (κ3) is 7.77. The Morgan fingerprint density at radius 2 is 1.72 bits per heavy atom. The van der Waals surface area contributed by atoms with Gasteiger partial charge in [0.25, 0.3) is 5.91 Å². The summed E-state index contributed by atoms with van der Waals surface area (Å²) in [6, 6.07) is 17.9. The number of halogens is 3. The number of fused-ring (bicyclic) bond motifs is 1. The maximum absolute atomic E-state index is 13.0. The van der Waals surface area contributed by atoms with Gasteiger partial charge in [-0.2, -0.15) is 0 Å². The van der Waals surface area contributed by atoms with Gasteiger partial charge in [-0.15, -0.1) is 12.4 Å². The SMILES string of the molecule is Cl.Cn1c(CCc2ccc(C(=N)N)cc2)nc2cc(C(=O)NN3CCC(NC(=O)Nc4cccc(Cl)c4Cl)CC3)ccc21. The second-order valence-electron chi connectivity index (χ2n) is 10.3. The number of anilines is 1. The van der Waals surface area contributed by atoms with Crippen LogP contribution < -0.4 is 21.8 Å². The number of hydrazine groups is 1. The molecule has 1 aromatic heterocycles. The molecule has 0 bridgehead atoms. The van der Waals surface area contributed by atoms with Crippen molar-refractivity contribution in [3.05, 3.63) is 93.2 Å². The summed E-state index contributed by atoms with van der Waals surface area (Å²) in [4.78, 5) is 30.3. The molecule has 0 spiro atoms. The predicted octanol–water partition coefficient (Wildman–Crippen LogP) is 5.30. The Balaban J connectivity index is 0.00000423. The van der Waals surface area contributed by atoms with Crippen LogP contribution in [0.25, 0.3) is 11.0 Å². The largest absolute Gasteiger partial charge is 0.384 e. The van der Waals surface area contributed by atoms with Gasteiger partial charge in [-0.25, -0.2) is 14.8 Å². The normalized spacial score (nSPS) is 13.7. The van der Waals surface area contributed by atoms with Crippen LogP contribution in [0, 0.1) is 5.41 Å². The lowest BCUT2D eigenvalue weighted by atomic mass is 10.1. The number of aromatic nitrogens is 2. The molecule has 0 atom stereocenters. The molecule has 6 N–H and O–H groups in total. The number of amidine groups is 1. The number of carbonyl (C=O) groups excluding carboxylic acids is 2. The molecule has 13 heteroatoms. The molecule has 3 aromatic carbocycles. The van der Waals surface area contributed by atoms with Crippen LogP contribution in [0.5, 0.6) is 0 Å². The summed E-state index contributed by atoms with van der Waals surface area (Å²) in [5.41, 5.74) is 13.1. The van der Waals surface area contributed by atoms with E-state index in [2.05, 4.69) is 20.6 Å². The second kappa shape index (κ2) is 14.1. The van der Waals surface area contributed by atoms with Gasteiger partial charge in [0.15, 0.2) is 0 Å². The van der Waals surface area contributed by atoms with Crippen LogP contribution >= 0.6 is 35.6 Å². The lowest BCUT2D eigenvalue weighted by Gasteiger charge is -2.32. The number of aryl methyl sites for hydroxylation is 3. The molecule has 0 aliphatic carbocycles. The zero-order valence-corrected chi connectivity index (χ0v) is 25.8. The van der Waals surface area contributed by atoms with Crippen LogP contribution in [-0.2, 0) is 19.9 Å². The van der Waals surface area contributed by atoms with Crippen LogP contribution in [0.15, 0.2) is 60.7 Å². The van der Waals surface area contributed by atoms with Crippen LogP contribution in [0.4, 0.5) is 10.5 Å². The molecular weight excluding hydrogens is 611 g/mol. The van der Waals surface area contributed by atoms with Gasteiger partial charge >= 0.3 is 6.03 Å². The van der Waals surface area contributed by atoms with Crippen molar-refractivity contribution < 1.29 is 9.59 Å². The fourth-order valence-electron chi connectivity index (χ4n) is 5.01. The molecule has 43 heavy (non-hydrogen) atoms. The first-order chi connectivity index (χ1) is 20.2. The Labute approximate surface area is 265 Å². The van der Waals surface area contributed by atoms with Crippen molar-refractivity contribution in [1.82, 2.24) is 25.3 Å². The van der Waals surface area contributed by atoms with Crippen molar-refractivity contribution in [3.8, 4) is 0 Å². The minimum Gasteiger partial charge on any atom is -0.384 e. The number of carbonyl (C=O) groups is 2. The molecule has 226 valence electrons. The highest BCUT2D eigenvalue weighted by molar-refractivity contribution is 6.44. The summed E-state index contributed by atoms with van der Waals surface area (Å²) < 4.78 is 2.05. The Bertz CT molecular complexity index is 1630. The minimum atomic E-state index is -0.351.